The van der Waals surface area contributed by atoms with Gasteiger partial charge in [0.1, 0.15) is 0 Å². The molecule has 0 amide bonds. The molecule has 1 aromatic heterocycles. The Morgan fingerprint density at radius 2 is 1.88 bits per heavy atom. The van der Waals surface area contributed by atoms with Gasteiger partial charge in [0.25, 0.3) is 0 Å². The first-order chi connectivity index (χ1) is 12.0. The highest BCUT2D eigenvalue weighted by molar-refractivity contribution is 9.10. The van der Waals surface area contributed by atoms with Crippen molar-refractivity contribution >= 4 is 39.4 Å². The monoisotopic (exact) mass is 414 g/mol. The topological polar surface area (TPSA) is 17.3 Å². The van der Waals surface area contributed by atoms with Gasteiger partial charge < -0.3 is 4.57 Å². The highest BCUT2D eigenvalue weighted by Gasteiger charge is 2.11. The Balaban J connectivity index is 1.99. The quantitative estimate of drug-likeness (QED) is 0.416. The summed E-state index contributed by atoms with van der Waals surface area (Å²) in [6.45, 7) is 6.45. The van der Waals surface area contributed by atoms with Gasteiger partial charge >= 0.3 is 0 Å². The van der Waals surface area contributed by atoms with E-state index in [-0.39, 0.29) is 0 Å². The van der Waals surface area contributed by atoms with Crippen LogP contribution >= 0.6 is 27.5 Å². The molecule has 0 spiro atoms. The molecular formula is C21H20BrClN2. The molecule has 2 aromatic carbocycles. The van der Waals surface area contributed by atoms with Gasteiger partial charge in [-0.2, -0.15) is 0 Å². The average Bonchev–Trinajstić information content (AvgIpc) is 2.89. The molecule has 0 aliphatic carbocycles. The van der Waals surface area contributed by atoms with Crippen LogP contribution in [0.25, 0.3) is 5.69 Å². The van der Waals surface area contributed by atoms with E-state index in [0.29, 0.717) is 5.02 Å². The van der Waals surface area contributed by atoms with Crippen molar-refractivity contribution in [1.82, 2.24) is 4.57 Å². The maximum Gasteiger partial charge on any atom is 0.0645 e. The van der Waals surface area contributed by atoms with E-state index in [1.54, 1.807) is 0 Å². The molecule has 25 heavy (non-hydrogen) atoms. The first kappa shape index (κ1) is 18.0. The minimum atomic E-state index is 0.664. The SMILES string of the molecule is CCc1ccccc1-n1c(C)cc(C=Nc2ccc(Br)c(Cl)c2)c1C. The van der Waals surface area contributed by atoms with Gasteiger partial charge in [0.05, 0.1) is 10.7 Å². The van der Waals surface area contributed by atoms with Crippen LogP contribution in [0.4, 0.5) is 5.69 Å². The lowest BCUT2D eigenvalue weighted by Gasteiger charge is -2.13. The van der Waals surface area contributed by atoms with Crippen LogP contribution in [0, 0.1) is 13.8 Å². The largest absolute Gasteiger partial charge is 0.318 e. The second-order valence-corrected chi connectivity index (χ2v) is 7.26. The van der Waals surface area contributed by atoms with Crippen LogP contribution in [0.1, 0.15) is 29.4 Å². The van der Waals surface area contributed by atoms with Crippen molar-refractivity contribution in [3.8, 4) is 5.69 Å². The second-order valence-electron chi connectivity index (χ2n) is 6.00. The number of hydrogen-bond acceptors (Lipinski definition) is 1. The van der Waals surface area contributed by atoms with Crippen molar-refractivity contribution in [2.45, 2.75) is 27.2 Å². The lowest BCUT2D eigenvalue weighted by Crippen LogP contribution is -2.03. The van der Waals surface area contributed by atoms with Crippen molar-refractivity contribution < 1.29 is 0 Å². The Kier molecular flexibility index (Phi) is 5.45. The number of aromatic nitrogens is 1. The summed E-state index contributed by atoms with van der Waals surface area (Å²) in [6, 6.07) is 16.4. The summed E-state index contributed by atoms with van der Waals surface area (Å²) in [6.07, 6.45) is 2.92. The van der Waals surface area contributed by atoms with Crippen molar-refractivity contribution in [3.05, 3.63) is 80.5 Å². The smallest absolute Gasteiger partial charge is 0.0645 e. The first-order valence-electron chi connectivity index (χ1n) is 8.27. The van der Waals surface area contributed by atoms with Crippen LogP contribution in [0.5, 0.6) is 0 Å². The lowest BCUT2D eigenvalue weighted by molar-refractivity contribution is 0.937. The van der Waals surface area contributed by atoms with Gasteiger partial charge in [0.2, 0.25) is 0 Å². The number of hydrogen-bond donors (Lipinski definition) is 0. The second kappa shape index (κ2) is 7.59. The summed E-state index contributed by atoms with van der Waals surface area (Å²) in [5, 5.41) is 0.664. The summed E-state index contributed by atoms with van der Waals surface area (Å²) >= 11 is 9.55. The number of rotatable bonds is 4. The number of aliphatic imine (C=N–C) groups is 1. The molecule has 0 saturated heterocycles. The van der Waals surface area contributed by atoms with E-state index < -0.39 is 0 Å². The zero-order valence-corrected chi connectivity index (χ0v) is 16.9. The third-order valence-corrected chi connectivity index (χ3v) is 5.57. The van der Waals surface area contributed by atoms with Crippen molar-refractivity contribution in [2.24, 2.45) is 4.99 Å². The van der Waals surface area contributed by atoms with Crippen molar-refractivity contribution in [3.63, 3.8) is 0 Å². The molecule has 4 heteroatoms. The van der Waals surface area contributed by atoms with Gasteiger partial charge in [-0.05, 0) is 72.1 Å². The fraction of sp³-hybridized carbons (Fsp3) is 0.190. The zero-order valence-electron chi connectivity index (χ0n) is 14.6. The first-order valence-corrected chi connectivity index (χ1v) is 9.44. The molecule has 0 saturated carbocycles. The standard InChI is InChI=1S/C21H20BrClN2/c1-4-16-7-5-6-8-21(16)25-14(2)11-17(15(25)3)13-24-18-9-10-19(22)20(23)12-18/h5-13H,4H2,1-3H3. The minimum Gasteiger partial charge on any atom is -0.318 e. The molecule has 128 valence electrons. The number of para-hydroxylation sites is 1. The Bertz CT molecular complexity index is 941. The Morgan fingerprint density at radius 1 is 1.12 bits per heavy atom. The molecule has 3 rings (SSSR count). The molecule has 0 N–H and O–H groups in total. The predicted octanol–water partition coefficient (Wildman–Crippen LogP) is 6.82. The highest BCUT2D eigenvalue weighted by atomic mass is 79.9. The third-order valence-electron chi connectivity index (χ3n) is 4.34. The van der Waals surface area contributed by atoms with E-state index in [4.69, 9.17) is 11.6 Å². The maximum absolute atomic E-state index is 6.14. The molecule has 3 aromatic rings. The van der Waals surface area contributed by atoms with E-state index in [2.05, 4.69) is 76.6 Å². The molecule has 0 aliphatic heterocycles. The average molecular weight is 416 g/mol. The summed E-state index contributed by atoms with van der Waals surface area (Å²) in [5.74, 6) is 0. The van der Waals surface area contributed by atoms with Gasteiger partial charge in [-0.15, -0.1) is 0 Å². The van der Waals surface area contributed by atoms with Crippen LogP contribution in [-0.2, 0) is 6.42 Å². The summed E-state index contributed by atoms with van der Waals surface area (Å²) in [7, 11) is 0. The molecule has 0 aliphatic rings. The number of nitrogens with zero attached hydrogens (tertiary/aromatic N) is 2. The van der Waals surface area contributed by atoms with Crippen LogP contribution in [-0.4, -0.2) is 10.8 Å². The van der Waals surface area contributed by atoms with E-state index in [1.807, 2.05) is 24.4 Å². The fourth-order valence-electron chi connectivity index (χ4n) is 3.03. The molecule has 0 radical (unpaired) electrons. The van der Waals surface area contributed by atoms with Crippen LogP contribution in [0.2, 0.25) is 5.02 Å². The van der Waals surface area contributed by atoms with Gasteiger partial charge in [-0.25, -0.2) is 0 Å². The Hall–Kier alpha value is -1.84. The number of benzene rings is 2. The third kappa shape index (κ3) is 3.73. The number of halogens is 2. The molecule has 1 heterocycles. The van der Waals surface area contributed by atoms with Gasteiger partial charge in [-0.3, -0.25) is 4.99 Å². The van der Waals surface area contributed by atoms with E-state index in [0.717, 1.165) is 22.1 Å². The highest BCUT2D eigenvalue weighted by Crippen LogP contribution is 2.28. The maximum atomic E-state index is 6.14. The van der Waals surface area contributed by atoms with Crippen LogP contribution < -0.4 is 0 Å². The molecule has 2 nitrogen and oxygen atoms in total. The number of aryl methyl sites for hydroxylation is 2. The molecule has 0 bridgehead atoms. The lowest BCUT2D eigenvalue weighted by atomic mass is 10.1. The zero-order chi connectivity index (χ0) is 18.0. The summed E-state index contributed by atoms with van der Waals surface area (Å²) in [5.41, 5.74) is 6.92. The van der Waals surface area contributed by atoms with E-state index >= 15 is 0 Å². The van der Waals surface area contributed by atoms with Gasteiger partial charge in [-0.1, -0.05) is 36.7 Å². The van der Waals surface area contributed by atoms with E-state index in [9.17, 15) is 0 Å². The van der Waals surface area contributed by atoms with Gasteiger partial charge in [0, 0.05) is 33.3 Å². The van der Waals surface area contributed by atoms with Gasteiger partial charge in [0.15, 0.2) is 0 Å². The predicted molar refractivity (Wildman–Crippen MR) is 111 cm³/mol. The normalized spacial score (nSPS) is 11.4. The fourth-order valence-corrected chi connectivity index (χ4v) is 3.45. The van der Waals surface area contributed by atoms with Crippen LogP contribution in [0.15, 0.2) is 58.0 Å². The summed E-state index contributed by atoms with van der Waals surface area (Å²) < 4.78 is 3.18. The van der Waals surface area contributed by atoms with Crippen molar-refractivity contribution in [2.75, 3.05) is 0 Å². The van der Waals surface area contributed by atoms with Crippen LogP contribution in [0.3, 0.4) is 0 Å². The minimum absolute atomic E-state index is 0.664. The molecule has 0 atom stereocenters. The molecule has 0 unspecified atom stereocenters. The molecule has 0 fully saturated rings. The Morgan fingerprint density at radius 3 is 2.60 bits per heavy atom. The van der Waals surface area contributed by atoms with E-state index in [1.165, 1.54) is 22.6 Å². The Labute approximate surface area is 162 Å². The summed E-state index contributed by atoms with van der Waals surface area (Å²) in [4.78, 5) is 4.59. The van der Waals surface area contributed by atoms with Crippen molar-refractivity contribution in [1.29, 1.82) is 0 Å². The molecular weight excluding hydrogens is 396 g/mol.